The number of benzene rings is 3. The highest BCUT2D eigenvalue weighted by atomic mass is 16.1. The number of hydrogen-bond acceptors (Lipinski definition) is 2. The minimum Gasteiger partial charge on any atom is -0.345 e. The summed E-state index contributed by atoms with van der Waals surface area (Å²) in [6, 6.07) is 26.2. The number of carbonyl (C=O) groups excluding carboxylic acids is 1. The van der Waals surface area contributed by atoms with Gasteiger partial charge in [0.15, 0.2) is 0 Å². The summed E-state index contributed by atoms with van der Waals surface area (Å²) in [4.78, 5) is 17.0. The van der Waals surface area contributed by atoms with Gasteiger partial charge >= 0.3 is 0 Å². The molecule has 1 N–H and O–H groups in total. The summed E-state index contributed by atoms with van der Waals surface area (Å²) in [6.45, 7) is 3.21. The van der Waals surface area contributed by atoms with Gasteiger partial charge in [0.2, 0.25) is 5.91 Å². The number of fused-ring (bicyclic) bond motifs is 1. The number of carbonyl (C=O) groups is 1. The highest BCUT2D eigenvalue weighted by Crippen LogP contribution is 2.19. The Hall–Kier alpha value is -3.66. The minimum atomic E-state index is -0.136. The summed E-state index contributed by atoms with van der Waals surface area (Å²) in [5.74, 6) is 0.708. The van der Waals surface area contributed by atoms with Crippen molar-refractivity contribution in [2.75, 3.05) is 0 Å². The van der Waals surface area contributed by atoms with Crippen LogP contribution in [0.1, 0.15) is 22.5 Å². The zero-order valence-electron chi connectivity index (χ0n) is 16.4. The van der Waals surface area contributed by atoms with E-state index in [4.69, 9.17) is 4.98 Å². The topological polar surface area (TPSA) is 46.9 Å². The van der Waals surface area contributed by atoms with Gasteiger partial charge < -0.3 is 9.88 Å². The highest BCUT2D eigenvalue weighted by Gasteiger charge is 2.12. The molecule has 0 aliphatic heterocycles. The zero-order valence-corrected chi connectivity index (χ0v) is 16.4. The van der Waals surface area contributed by atoms with Crippen LogP contribution in [-0.2, 0) is 17.9 Å². The number of para-hydroxylation sites is 2. The standard InChI is InChI=1S/C25H23N3O/c1-19-9-5-6-12-21(19)18-28-23-14-8-7-13-22(23)27-24(28)17-26-25(29)16-15-20-10-3-2-4-11-20/h2-16H,17-18H2,1H3,(H,26,29)/b16-15-. The highest BCUT2D eigenvalue weighted by molar-refractivity contribution is 5.91. The van der Waals surface area contributed by atoms with Gasteiger partial charge in [0.1, 0.15) is 5.82 Å². The number of imidazole rings is 1. The van der Waals surface area contributed by atoms with Crippen LogP contribution in [0.25, 0.3) is 17.1 Å². The molecule has 0 aliphatic carbocycles. The molecule has 144 valence electrons. The van der Waals surface area contributed by atoms with Crippen molar-refractivity contribution in [3.05, 3.63) is 107 Å². The predicted octanol–water partition coefficient (Wildman–Crippen LogP) is 4.72. The number of amides is 1. The van der Waals surface area contributed by atoms with Crippen LogP contribution in [0.2, 0.25) is 0 Å². The Bertz CT molecular complexity index is 1160. The molecule has 0 saturated heterocycles. The van der Waals surface area contributed by atoms with E-state index < -0.39 is 0 Å². The van der Waals surface area contributed by atoms with Crippen molar-refractivity contribution < 1.29 is 4.79 Å². The zero-order chi connectivity index (χ0) is 20.1. The lowest BCUT2D eigenvalue weighted by atomic mass is 10.1. The maximum absolute atomic E-state index is 12.3. The Morgan fingerprint density at radius 3 is 2.52 bits per heavy atom. The molecule has 1 amide bonds. The van der Waals surface area contributed by atoms with Gasteiger partial charge in [-0.15, -0.1) is 0 Å². The van der Waals surface area contributed by atoms with Crippen LogP contribution >= 0.6 is 0 Å². The Labute approximate surface area is 170 Å². The predicted molar refractivity (Wildman–Crippen MR) is 117 cm³/mol. The summed E-state index contributed by atoms with van der Waals surface area (Å²) in [5.41, 5.74) is 5.48. The van der Waals surface area contributed by atoms with Gasteiger partial charge in [0, 0.05) is 12.6 Å². The molecule has 3 aromatic carbocycles. The molecule has 4 aromatic rings. The van der Waals surface area contributed by atoms with Crippen molar-refractivity contribution in [1.29, 1.82) is 0 Å². The summed E-state index contributed by atoms with van der Waals surface area (Å²) < 4.78 is 2.18. The van der Waals surface area contributed by atoms with Gasteiger partial charge in [-0.25, -0.2) is 4.98 Å². The second-order valence-electron chi connectivity index (χ2n) is 6.99. The summed E-state index contributed by atoms with van der Waals surface area (Å²) >= 11 is 0. The molecule has 0 radical (unpaired) electrons. The second kappa shape index (κ2) is 8.57. The number of nitrogens with zero attached hydrogens (tertiary/aromatic N) is 2. The largest absolute Gasteiger partial charge is 0.345 e. The maximum atomic E-state index is 12.3. The quantitative estimate of drug-likeness (QED) is 0.491. The van der Waals surface area contributed by atoms with Crippen LogP contribution in [-0.4, -0.2) is 15.5 Å². The molecule has 0 saturated carbocycles. The molecular weight excluding hydrogens is 358 g/mol. The van der Waals surface area contributed by atoms with Crippen molar-refractivity contribution >= 4 is 23.0 Å². The Morgan fingerprint density at radius 2 is 1.69 bits per heavy atom. The SMILES string of the molecule is Cc1ccccc1Cn1c(CNC(=O)/C=C\c2ccccc2)nc2ccccc21. The Morgan fingerprint density at radius 1 is 0.966 bits per heavy atom. The van der Waals surface area contributed by atoms with Gasteiger partial charge in [-0.05, 0) is 41.8 Å². The van der Waals surface area contributed by atoms with Gasteiger partial charge in [-0.3, -0.25) is 4.79 Å². The molecule has 1 heterocycles. The first-order valence-corrected chi connectivity index (χ1v) is 9.70. The van der Waals surface area contributed by atoms with E-state index in [2.05, 4.69) is 41.1 Å². The third-order valence-electron chi connectivity index (χ3n) is 4.97. The van der Waals surface area contributed by atoms with E-state index in [-0.39, 0.29) is 5.91 Å². The molecule has 4 nitrogen and oxygen atoms in total. The number of aromatic nitrogens is 2. The lowest BCUT2D eigenvalue weighted by Gasteiger charge is -2.12. The van der Waals surface area contributed by atoms with Crippen LogP contribution in [0.15, 0.2) is 84.9 Å². The summed E-state index contributed by atoms with van der Waals surface area (Å²) in [6.07, 6.45) is 3.37. The molecule has 29 heavy (non-hydrogen) atoms. The molecule has 0 bridgehead atoms. The van der Waals surface area contributed by atoms with Crippen LogP contribution in [0.3, 0.4) is 0 Å². The van der Waals surface area contributed by atoms with Gasteiger partial charge in [-0.1, -0.05) is 66.7 Å². The van der Waals surface area contributed by atoms with Crippen LogP contribution in [0.4, 0.5) is 0 Å². The minimum absolute atomic E-state index is 0.136. The first-order chi connectivity index (χ1) is 14.2. The lowest BCUT2D eigenvalue weighted by Crippen LogP contribution is -2.23. The van der Waals surface area contributed by atoms with E-state index in [1.807, 2.05) is 60.7 Å². The van der Waals surface area contributed by atoms with E-state index in [0.717, 1.165) is 29.0 Å². The molecule has 1 aromatic heterocycles. The van der Waals surface area contributed by atoms with Crippen molar-refractivity contribution in [2.45, 2.75) is 20.0 Å². The van der Waals surface area contributed by atoms with E-state index in [1.54, 1.807) is 6.08 Å². The first kappa shape index (κ1) is 18.7. The molecular formula is C25H23N3O. The normalized spacial score (nSPS) is 11.2. The average molecular weight is 381 g/mol. The fraction of sp³-hybridized carbons (Fsp3) is 0.120. The van der Waals surface area contributed by atoms with Crippen LogP contribution < -0.4 is 5.32 Å². The first-order valence-electron chi connectivity index (χ1n) is 9.70. The average Bonchev–Trinajstić information content (AvgIpc) is 3.10. The van der Waals surface area contributed by atoms with E-state index >= 15 is 0 Å². The number of aryl methyl sites for hydroxylation is 1. The van der Waals surface area contributed by atoms with Crippen LogP contribution in [0, 0.1) is 6.92 Å². The maximum Gasteiger partial charge on any atom is 0.244 e. The fourth-order valence-electron chi connectivity index (χ4n) is 3.36. The molecule has 0 atom stereocenters. The third kappa shape index (κ3) is 4.43. The van der Waals surface area contributed by atoms with Crippen LogP contribution in [0.5, 0.6) is 0 Å². The number of rotatable bonds is 6. The molecule has 4 rings (SSSR count). The van der Waals surface area contributed by atoms with Crippen molar-refractivity contribution in [3.8, 4) is 0 Å². The smallest absolute Gasteiger partial charge is 0.244 e. The second-order valence-corrected chi connectivity index (χ2v) is 6.99. The van der Waals surface area contributed by atoms with Gasteiger partial charge in [0.25, 0.3) is 0 Å². The summed E-state index contributed by atoms with van der Waals surface area (Å²) in [7, 11) is 0. The van der Waals surface area contributed by atoms with Gasteiger partial charge in [0.05, 0.1) is 17.6 Å². The molecule has 0 fully saturated rings. The van der Waals surface area contributed by atoms with Crippen molar-refractivity contribution in [3.63, 3.8) is 0 Å². The Balaban J connectivity index is 1.54. The fourth-order valence-corrected chi connectivity index (χ4v) is 3.36. The molecule has 0 unspecified atom stereocenters. The molecule has 4 heteroatoms. The van der Waals surface area contributed by atoms with E-state index in [1.165, 1.54) is 11.1 Å². The summed E-state index contributed by atoms with van der Waals surface area (Å²) in [5, 5.41) is 2.96. The molecule has 0 aliphatic rings. The van der Waals surface area contributed by atoms with Crippen molar-refractivity contribution in [2.24, 2.45) is 0 Å². The van der Waals surface area contributed by atoms with Gasteiger partial charge in [-0.2, -0.15) is 0 Å². The van der Waals surface area contributed by atoms with Crippen molar-refractivity contribution in [1.82, 2.24) is 14.9 Å². The van der Waals surface area contributed by atoms with E-state index in [0.29, 0.717) is 6.54 Å². The number of nitrogens with one attached hydrogen (secondary N) is 1. The Kier molecular flexibility index (Phi) is 5.52. The van der Waals surface area contributed by atoms with E-state index in [9.17, 15) is 4.79 Å². The third-order valence-corrected chi connectivity index (χ3v) is 4.97. The molecule has 0 spiro atoms. The monoisotopic (exact) mass is 381 g/mol. The lowest BCUT2D eigenvalue weighted by molar-refractivity contribution is -0.116. The number of hydrogen-bond donors (Lipinski definition) is 1.